The smallest absolute Gasteiger partial charge is 0.336 e. The van der Waals surface area contributed by atoms with Crippen molar-refractivity contribution in [3.63, 3.8) is 0 Å². The largest absolute Gasteiger partial charge is 0.478 e. The average molecular weight is 1120 g/mol. The van der Waals surface area contributed by atoms with E-state index in [1.807, 2.05) is 0 Å². The fourth-order valence-corrected chi connectivity index (χ4v) is 3.36. The number of hydrogen-bond donors (Lipinski definition) is 1. The molecule has 2 aromatic rings. The van der Waals surface area contributed by atoms with Gasteiger partial charge in [0.25, 0.3) is 0 Å². The molecule has 0 atom stereocenters. The van der Waals surface area contributed by atoms with Crippen molar-refractivity contribution in [3.05, 3.63) is 44.3 Å². The molecule has 0 aromatic heterocycles. The summed E-state index contributed by atoms with van der Waals surface area (Å²) in [5.41, 5.74) is 0.786. The van der Waals surface area contributed by atoms with Crippen LogP contribution in [-0.4, -0.2) is 30.4 Å². The van der Waals surface area contributed by atoms with Crippen molar-refractivity contribution in [3.8, 4) is 23.0 Å². The van der Waals surface area contributed by atoms with E-state index in [2.05, 4.69) is 106 Å². The zero-order valence-electron chi connectivity index (χ0n) is 15.3. The van der Waals surface area contributed by atoms with E-state index >= 15 is 0 Å². The van der Waals surface area contributed by atoms with E-state index in [0.29, 0.717) is 46.3 Å². The number of carbonyl (C=O) groups is 2. The molecule has 0 amide bonds. The average Bonchev–Trinajstić information content (AvgIpc) is 3.37. The second-order valence-electron chi connectivity index (χ2n) is 5.29. The van der Waals surface area contributed by atoms with Crippen LogP contribution in [0.4, 0.5) is 0 Å². The molecule has 7 nitrogen and oxygen atoms in total. The van der Waals surface area contributed by atoms with Crippen LogP contribution in [0.2, 0.25) is 0 Å². The van der Waals surface area contributed by atoms with Gasteiger partial charge in [-0.15, -0.1) is 0 Å². The minimum Gasteiger partial charge on any atom is -0.478 e. The molecule has 2 aromatic carbocycles. The normalized spacial score (nSPS) is 11.8. The van der Waals surface area contributed by atoms with Gasteiger partial charge in [0.15, 0.2) is 28.8 Å². The summed E-state index contributed by atoms with van der Waals surface area (Å²) < 4.78 is 21.6. The molecule has 0 spiro atoms. The van der Waals surface area contributed by atoms with Gasteiger partial charge < -0.3 is 24.1 Å². The van der Waals surface area contributed by atoms with E-state index in [9.17, 15) is 9.59 Å². The van der Waals surface area contributed by atoms with Crippen molar-refractivity contribution in [1.29, 1.82) is 0 Å². The molecule has 0 saturated carbocycles. The van der Waals surface area contributed by atoms with E-state index in [4.69, 9.17) is 24.1 Å². The fraction of sp³-hybridized carbons (Fsp3) is 0.176. The summed E-state index contributed by atoms with van der Waals surface area (Å²) >= 11 is 16.0. The number of ketones is 1. The van der Waals surface area contributed by atoms with E-state index in [-0.39, 0.29) is 24.9 Å². The number of rotatable bonds is 2. The van der Waals surface area contributed by atoms with Crippen LogP contribution in [0.1, 0.15) is 27.6 Å². The predicted molar refractivity (Wildman–Crippen MR) is 154 cm³/mol. The molecule has 4 rings (SSSR count). The molecule has 31 heavy (non-hydrogen) atoms. The molecular weight excluding hydrogens is 1110 g/mol. The van der Waals surface area contributed by atoms with Crippen molar-refractivity contribution in [2.24, 2.45) is 0 Å². The molecule has 0 unspecified atom stereocenters. The van der Waals surface area contributed by atoms with Crippen molar-refractivity contribution in [2.75, 3.05) is 13.6 Å². The Morgan fingerprint density at radius 3 is 1.52 bits per heavy atom. The van der Waals surface area contributed by atoms with Crippen LogP contribution in [-0.2, 0) is 0 Å². The minimum absolute atomic E-state index is 0.00479. The van der Waals surface area contributed by atoms with Crippen molar-refractivity contribution in [2.45, 2.75) is 6.92 Å². The van der Waals surface area contributed by atoms with E-state index in [1.165, 1.54) is 13.0 Å². The molecule has 0 fully saturated rings. The molecule has 14 heteroatoms. The van der Waals surface area contributed by atoms with E-state index < -0.39 is 5.97 Å². The quantitative estimate of drug-likeness (QED) is 0.342. The molecule has 2 aliphatic rings. The van der Waals surface area contributed by atoms with Gasteiger partial charge in [-0.05, 0) is 63.0 Å². The molecule has 1 N–H and O–H groups in total. The first kappa shape index (κ1) is 30.4. The van der Waals surface area contributed by atoms with E-state index in [0.717, 1.165) is 4.47 Å². The number of hydrogen-bond acceptors (Lipinski definition) is 6. The summed E-state index contributed by atoms with van der Waals surface area (Å²) in [6.07, 6.45) is 0. The minimum atomic E-state index is -0.995. The van der Waals surface area contributed by atoms with Crippen molar-refractivity contribution >= 4 is 118 Å². The van der Waals surface area contributed by atoms with Crippen LogP contribution in [0.5, 0.6) is 23.0 Å². The Labute approximate surface area is 248 Å². The van der Waals surface area contributed by atoms with Crippen LogP contribution in [0.15, 0.2) is 33.2 Å². The van der Waals surface area contributed by atoms with Crippen LogP contribution < -0.4 is 32.2 Å². The van der Waals surface area contributed by atoms with Gasteiger partial charge in [0.2, 0.25) is 13.6 Å². The molecule has 2 aliphatic heterocycles. The van der Waals surface area contributed by atoms with Gasteiger partial charge in [-0.3, -0.25) is 4.79 Å². The summed E-state index contributed by atoms with van der Waals surface area (Å²) in [7, 11) is 0. The second kappa shape index (κ2) is 16.1. The number of carbonyl (C=O) groups excluding carboxylic acids is 1. The summed E-state index contributed by atoms with van der Waals surface area (Å²) in [6.45, 7) is 1.89. The topological polar surface area (TPSA) is 91.3 Å². The predicted octanol–water partition coefficient (Wildman–Crippen LogP) is 4.80. The fourth-order valence-electron chi connectivity index (χ4n) is 2.27. The summed E-state index contributed by atoms with van der Waals surface area (Å²) in [6, 6.07) is 6.47. The number of halogens is 7. The van der Waals surface area contributed by atoms with Crippen molar-refractivity contribution < 1.29 is 46.9 Å². The number of ether oxygens (including phenoxy) is 4. The number of Topliss-reactive ketones (excluding diaryl/α,β-unsaturated/α-hetero) is 1. The molecule has 172 valence electrons. The van der Waals surface area contributed by atoms with E-state index in [1.54, 1.807) is 18.2 Å². The van der Waals surface area contributed by atoms with Gasteiger partial charge >= 0.3 is 56.5 Å². The number of benzene rings is 2. The third kappa shape index (κ3) is 9.51. The summed E-state index contributed by atoms with van der Waals surface area (Å²) in [5.74, 6) is 1.36. The Bertz CT molecular complexity index is 857. The van der Waals surface area contributed by atoms with Gasteiger partial charge in [-0.1, -0.05) is 0 Å². The van der Waals surface area contributed by atoms with Crippen LogP contribution in [0.3, 0.4) is 0 Å². The second-order valence-corrected chi connectivity index (χ2v) is 23.2. The molecule has 2 heterocycles. The Hall–Kier alpha value is 1.39. The van der Waals surface area contributed by atoms with Gasteiger partial charge in [-0.25, -0.2) is 4.79 Å². The molecule has 0 aliphatic carbocycles. The number of carboxylic acid groups (broad SMARTS) is 1. The Kier molecular flexibility index (Phi) is 15.8. The summed E-state index contributed by atoms with van der Waals surface area (Å²) in [4.78, 5) is 21.8. The molecule has 0 radical (unpaired) electrons. The Morgan fingerprint density at radius 2 is 1.16 bits per heavy atom. The number of aromatic carboxylic acids is 1. The third-order valence-corrected chi connectivity index (χ3v) is 4.85. The van der Waals surface area contributed by atoms with Gasteiger partial charge in [0.05, 0.1) is 5.56 Å². The maximum atomic E-state index is 11.1. The van der Waals surface area contributed by atoms with Crippen molar-refractivity contribution in [1.82, 2.24) is 0 Å². The maximum Gasteiger partial charge on any atom is 0.336 e. The van der Waals surface area contributed by atoms with Crippen LogP contribution in [0.25, 0.3) is 0 Å². The first-order chi connectivity index (χ1) is 14.8. The monoisotopic (exact) mass is 1120 g/mol. The van der Waals surface area contributed by atoms with Gasteiger partial charge in [0, 0.05) is 51.7 Å². The maximum absolute atomic E-state index is 11.1. The van der Waals surface area contributed by atoms with Crippen LogP contribution in [0, 0.1) is 0 Å². The zero-order chi connectivity index (χ0) is 23.6. The third-order valence-electron chi connectivity index (χ3n) is 3.53. The van der Waals surface area contributed by atoms with Crippen LogP contribution >= 0.6 is 106 Å². The summed E-state index contributed by atoms with van der Waals surface area (Å²) in [5, 5.41) is 8.77. The standard InChI is InChI=1S/C9H7BrO3.C8H5BrO4.I3.I2/c1-5(11)6-2-8-9(3-7(6)10)13-4-12-8;9-5-2-7-6(12-3-13-7)1-4(5)8(10)11;1-3-2;1-2/h2-3H,4H2,1H3;1-2H,3H2,(H,10,11);;/q;;-1;. The molecule has 0 saturated heterocycles. The van der Waals surface area contributed by atoms with Gasteiger partial charge in [-0.2, -0.15) is 0 Å². The zero-order valence-corrected chi connectivity index (χ0v) is 29.2. The Balaban J connectivity index is 0.000000258. The number of fused-ring (bicyclic) bond motifs is 2. The SMILES string of the molecule is CC(=O)c1cc2c(cc1Br)OCO2.II.I[I-]I.O=C(O)c1cc2c(cc1Br)OCO2. The molecule has 0 bridgehead atoms. The first-order valence-corrected chi connectivity index (χ1v) is 28.2. The Morgan fingerprint density at radius 1 is 0.839 bits per heavy atom. The molecular formula is C17H12Br2I5O7-. The van der Waals surface area contributed by atoms with Gasteiger partial charge in [0.1, 0.15) is 0 Å². The first-order valence-electron chi connectivity index (χ1n) is 7.72. The number of carboxylic acids is 1.